The van der Waals surface area contributed by atoms with E-state index in [1.807, 2.05) is 47.4 Å². The van der Waals surface area contributed by atoms with Crippen molar-refractivity contribution in [1.82, 2.24) is 9.88 Å². The van der Waals surface area contributed by atoms with Crippen LogP contribution in [0.25, 0.3) is 0 Å². The summed E-state index contributed by atoms with van der Waals surface area (Å²) in [5.41, 5.74) is 0.819. The van der Waals surface area contributed by atoms with Crippen LogP contribution >= 0.6 is 11.8 Å². The minimum atomic E-state index is -0.0305. The molecule has 0 aliphatic carbocycles. The van der Waals surface area contributed by atoms with Gasteiger partial charge in [0.15, 0.2) is 0 Å². The van der Waals surface area contributed by atoms with E-state index in [0.29, 0.717) is 31.7 Å². The van der Waals surface area contributed by atoms with Gasteiger partial charge in [0.2, 0.25) is 11.8 Å². The molecule has 0 radical (unpaired) electrons. The molecule has 0 atom stereocenters. The number of hydrogen-bond acceptors (Lipinski definition) is 4. The first-order chi connectivity index (χ1) is 12.2. The quantitative estimate of drug-likeness (QED) is 0.838. The van der Waals surface area contributed by atoms with Crippen LogP contribution in [-0.2, 0) is 9.59 Å². The lowest BCUT2D eigenvalue weighted by atomic mass is 9.96. The van der Waals surface area contributed by atoms with Gasteiger partial charge in [-0.2, -0.15) is 0 Å². The fourth-order valence-corrected chi connectivity index (χ4v) is 3.61. The highest BCUT2D eigenvalue weighted by Gasteiger charge is 2.27. The van der Waals surface area contributed by atoms with E-state index in [1.165, 1.54) is 11.8 Å². The van der Waals surface area contributed by atoms with Gasteiger partial charge in [0.05, 0.1) is 5.75 Å². The van der Waals surface area contributed by atoms with E-state index in [2.05, 4.69) is 10.3 Å². The number of benzene rings is 1. The predicted molar refractivity (Wildman–Crippen MR) is 99.3 cm³/mol. The number of nitrogens with one attached hydrogen (secondary N) is 1. The Balaban J connectivity index is 1.43. The molecule has 130 valence electrons. The highest BCUT2D eigenvalue weighted by molar-refractivity contribution is 8.00. The number of pyridine rings is 1. The summed E-state index contributed by atoms with van der Waals surface area (Å²) < 4.78 is 0. The summed E-state index contributed by atoms with van der Waals surface area (Å²) >= 11 is 1.52. The fourth-order valence-electron chi connectivity index (χ4n) is 2.83. The number of piperidine rings is 1. The van der Waals surface area contributed by atoms with Gasteiger partial charge < -0.3 is 10.2 Å². The van der Waals surface area contributed by atoms with E-state index in [0.717, 1.165) is 10.6 Å². The highest BCUT2D eigenvalue weighted by atomic mass is 32.2. The lowest BCUT2D eigenvalue weighted by molar-refractivity contribution is -0.132. The van der Waals surface area contributed by atoms with Gasteiger partial charge in [-0.3, -0.25) is 14.6 Å². The Morgan fingerprint density at radius 1 is 1.08 bits per heavy atom. The highest BCUT2D eigenvalue weighted by Crippen LogP contribution is 2.22. The molecule has 1 saturated heterocycles. The second-order valence-electron chi connectivity index (χ2n) is 5.98. The number of rotatable bonds is 5. The van der Waals surface area contributed by atoms with Gasteiger partial charge in [0.1, 0.15) is 0 Å². The summed E-state index contributed by atoms with van der Waals surface area (Å²) in [5.74, 6) is 0.565. The third kappa shape index (κ3) is 5.06. The Bertz CT molecular complexity index is 701. The molecule has 2 heterocycles. The van der Waals surface area contributed by atoms with E-state index >= 15 is 0 Å². The molecule has 0 unspecified atom stereocenters. The zero-order chi connectivity index (χ0) is 17.5. The smallest absolute Gasteiger partial charge is 0.232 e. The molecule has 2 aromatic rings. The molecule has 2 amide bonds. The van der Waals surface area contributed by atoms with Crippen LogP contribution < -0.4 is 5.32 Å². The molecule has 0 bridgehead atoms. The van der Waals surface area contributed by atoms with Crippen LogP contribution in [-0.4, -0.2) is 40.5 Å². The number of likely N-dealkylation sites (tertiary alicyclic amines) is 1. The van der Waals surface area contributed by atoms with Crippen molar-refractivity contribution < 1.29 is 9.59 Å². The molecule has 6 heteroatoms. The van der Waals surface area contributed by atoms with Crippen molar-refractivity contribution in [1.29, 1.82) is 0 Å². The maximum atomic E-state index is 12.3. The van der Waals surface area contributed by atoms with E-state index in [4.69, 9.17) is 0 Å². The number of anilines is 1. The molecule has 0 spiro atoms. The van der Waals surface area contributed by atoms with Crippen molar-refractivity contribution in [2.45, 2.75) is 17.7 Å². The molecular weight excluding hydrogens is 334 g/mol. The Morgan fingerprint density at radius 2 is 1.76 bits per heavy atom. The maximum Gasteiger partial charge on any atom is 0.232 e. The topological polar surface area (TPSA) is 62.3 Å². The van der Waals surface area contributed by atoms with Crippen molar-refractivity contribution in [3.05, 3.63) is 54.9 Å². The van der Waals surface area contributed by atoms with Crippen LogP contribution in [0.5, 0.6) is 0 Å². The largest absolute Gasteiger partial charge is 0.342 e. The summed E-state index contributed by atoms with van der Waals surface area (Å²) in [6, 6.07) is 13.3. The summed E-state index contributed by atoms with van der Waals surface area (Å²) in [6.07, 6.45) is 4.88. The number of carbonyl (C=O) groups excluding carboxylic acids is 2. The SMILES string of the molecule is O=C(Nc1ccccc1)C1CCN(C(=O)CSc2ccncc2)CC1. The molecule has 25 heavy (non-hydrogen) atoms. The molecule has 1 aromatic carbocycles. The van der Waals surface area contributed by atoms with Crippen molar-refractivity contribution in [2.75, 3.05) is 24.2 Å². The van der Waals surface area contributed by atoms with Crippen LogP contribution in [0.1, 0.15) is 12.8 Å². The minimum Gasteiger partial charge on any atom is -0.342 e. The second-order valence-corrected chi connectivity index (χ2v) is 7.03. The van der Waals surface area contributed by atoms with E-state index in [9.17, 15) is 9.59 Å². The normalized spacial score (nSPS) is 15.0. The van der Waals surface area contributed by atoms with Gasteiger partial charge in [-0.1, -0.05) is 18.2 Å². The average Bonchev–Trinajstić information content (AvgIpc) is 2.68. The summed E-state index contributed by atoms with van der Waals surface area (Å²) in [7, 11) is 0. The first-order valence-electron chi connectivity index (χ1n) is 8.39. The van der Waals surface area contributed by atoms with Crippen LogP contribution in [0, 0.1) is 5.92 Å². The van der Waals surface area contributed by atoms with Crippen LogP contribution in [0.3, 0.4) is 0 Å². The summed E-state index contributed by atoms with van der Waals surface area (Å²) in [5, 5.41) is 2.95. The van der Waals surface area contributed by atoms with Gasteiger partial charge in [0.25, 0.3) is 0 Å². The van der Waals surface area contributed by atoms with Crippen molar-refractivity contribution in [3.8, 4) is 0 Å². The first-order valence-corrected chi connectivity index (χ1v) is 9.37. The van der Waals surface area contributed by atoms with Gasteiger partial charge in [0, 0.05) is 42.0 Å². The fraction of sp³-hybridized carbons (Fsp3) is 0.316. The zero-order valence-electron chi connectivity index (χ0n) is 13.9. The molecule has 1 aliphatic rings. The van der Waals surface area contributed by atoms with Gasteiger partial charge in [-0.05, 0) is 37.1 Å². The van der Waals surface area contributed by atoms with Crippen molar-refractivity contribution in [2.24, 2.45) is 5.92 Å². The third-order valence-electron chi connectivity index (χ3n) is 4.27. The van der Waals surface area contributed by atoms with E-state index < -0.39 is 0 Å². The number of aromatic nitrogens is 1. The molecule has 1 aromatic heterocycles. The molecule has 1 N–H and O–H groups in total. The predicted octanol–water partition coefficient (Wildman–Crippen LogP) is 3.05. The lowest BCUT2D eigenvalue weighted by Crippen LogP contribution is -2.42. The van der Waals surface area contributed by atoms with Gasteiger partial charge in [-0.25, -0.2) is 0 Å². The molecule has 5 nitrogen and oxygen atoms in total. The monoisotopic (exact) mass is 355 g/mol. The zero-order valence-corrected chi connectivity index (χ0v) is 14.7. The lowest BCUT2D eigenvalue weighted by Gasteiger charge is -2.31. The van der Waals surface area contributed by atoms with Crippen LogP contribution in [0.4, 0.5) is 5.69 Å². The molecule has 1 aliphatic heterocycles. The molecule has 3 rings (SSSR count). The van der Waals surface area contributed by atoms with Gasteiger partial charge in [-0.15, -0.1) is 11.8 Å². The average molecular weight is 355 g/mol. The maximum absolute atomic E-state index is 12.3. The van der Waals surface area contributed by atoms with Crippen molar-refractivity contribution in [3.63, 3.8) is 0 Å². The van der Waals surface area contributed by atoms with Crippen LogP contribution in [0.2, 0.25) is 0 Å². The number of carbonyl (C=O) groups is 2. The first kappa shape index (κ1) is 17.5. The standard InChI is InChI=1S/C19H21N3O2S/c23-18(14-25-17-6-10-20-11-7-17)22-12-8-15(9-13-22)19(24)21-16-4-2-1-3-5-16/h1-7,10-11,15H,8-9,12-14H2,(H,21,24). The Morgan fingerprint density at radius 3 is 2.44 bits per heavy atom. The number of thioether (sulfide) groups is 1. The van der Waals surface area contributed by atoms with Gasteiger partial charge >= 0.3 is 0 Å². The minimum absolute atomic E-state index is 0.0305. The molecule has 0 saturated carbocycles. The van der Waals surface area contributed by atoms with E-state index in [-0.39, 0.29) is 17.7 Å². The number of para-hydroxylation sites is 1. The molecule has 1 fully saturated rings. The Kier molecular flexibility index (Phi) is 6.06. The number of hydrogen-bond donors (Lipinski definition) is 1. The summed E-state index contributed by atoms with van der Waals surface area (Å²) in [6.45, 7) is 1.28. The van der Waals surface area contributed by atoms with Crippen molar-refractivity contribution >= 4 is 29.3 Å². The second kappa shape index (κ2) is 8.67. The summed E-state index contributed by atoms with van der Waals surface area (Å²) in [4.78, 5) is 31.5. The van der Waals surface area contributed by atoms with Crippen LogP contribution in [0.15, 0.2) is 59.8 Å². The third-order valence-corrected chi connectivity index (χ3v) is 5.27. The number of amides is 2. The Labute approximate surface area is 151 Å². The molecular formula is C19H21N3O2S. The Hall–Kier alpha value is -2.34. The number of nitrogens with zero attached hydrogens (tertiary/aromatic N) is 2. The van der Waals surface area contributed by atoms with E-state index in [1.54, 1.807) is 12.4 Å².